The van der Waals surface area contributed by atoms with Gasteiger partial charge in [-0.15, -0.1) is 0 Å². The fourth-order valence-corrected chi connectivity index (χ4v) is 2.71. The number of aryl methyl sites for hydroxylation is 1. The molecule has 0 aliphatic carbocycles. The van der Waals surface area contributed by atoms with Crippen molar-refractivity contribution >= 4 is 11.8 Å². The van der Waals surface area contributed by atoms with E-state index in [1.54, 1.807) is 0 Å². The van der Waals surface area contributed by atoms with E-state index in [1.807, 2.05) is 36.1 Å². The predicted molar refractivity (Wildman–Crippen MR) is 78.2 cm³/mol. The van der Waals surface area contributed by atoms with E-state index in [-0.39, 0.29) is 11.8 Å². The number of rotatable bonds is 4. The van der Waals surface area contributed by atoms with Crippen molar-refractivity contribution in [1.29, 1.82) is 0 Å². The lowest BCUT2D eigenvalue weighted by molar-refractivity contribution is -0.118. The molecule has 2 amide bonds. The van der Waals surface area contributed by atoms with E-state index in [0.717, 1.165) is 43.5 Å². The highest BCUT2D eigenvalue weighted by molar-refractivity contribution is 5.94. The number of amides is 2. The summed E-state index contributed by atoms with van der Waals surface area (Å²) in [5.41, 5.74) is 7.08. The van der Waals surface area contributed by atoms with Gasteiger partial charge in [0.25, 0.3) is 5.91 Å². The third-order valence-electron chi connectivity index (χ3n) is 3.90. The summed E-state index contributed by atoms with van der Waals surface area (Å²) in [6.45, 7) is 3.55. The zero-order valence-electron chi connectivity index (χ0n) is 12.0. The molecule has 4 nitrogen and oxygen atoms in total. The second-order valence-electron chi connectivity index (χ2n) is 5.63. The van der Waals surface area contributed by atoms with Crippen molar-refractivity contribution in [1.82, 2.24) is 4.90 Å². The number of piperidine rings is 1. The number of nitrogens with zero attached hydrogens (tertiary/aromatic N) is 1. The Bertz CT molecular complexity index is 482. The molecule has 0 bridgehead atoms. The smallest absolute Gasteiger partial charge is 0.253 e. The zero-order chi connectivity index (χ0) is 14.5. The summed E-state index contributed by atoms with van der Waals surface area (Å²) in [4.78, 5) is 25.2. The van der Waals surface area contributed by atoms with E-state index >= 15 is 0 Å². The summed E-state index contributed by atoms with van der Waals surface area (Å²) in [5.74, 6) is 0.228. The molecule has 1 aliphatic rings. The lowest BCUT2D eigenvalue weighted by atomic mass is 9.93. The first-order valence-corrected chi connectivity index (χ1v) is 7.20. The van der Waals surface area contributed by atoms with E-state index in [9.17, 15) is 9.59 Å². The van der Waals surface area contributed by atoms with Gasteiger partial charge in [0.2, 0.25) is 5.91 Å². The Hall–Kier alpha value is -1.84. The number of carbonyl (C=O) groups is 2. The van der Waals surface area contributed by atoms with Crippen molar-refractivity contribution in [2.24, 2.45) is 11.7 Å². The molecule has 108 valence electrons. The number of nitrogens with two attached hydrogens (primary N) is 1. The highest BCUT2D eigenvalue weighted by atomic mass is 16.2. The lowest BCUT2D eigenvalue weighted by Gasteiger charge is -2.32. The zero-order valence-corrected chi connectivity index (χ0v) is 12.0. The second-order valence-corrected chi connectivity index (χ2v) is 5.63. The van der Waals surface area contributed by atoms with Crippen LogP contribution in [0.4, 0.5) is 0 Å². The molecule has 1 atom stereocenters. The minimum atomic E-state index is -0.257. The van der Waals surface area contributed by atoms with Gasteiger partial charge in [-0.1, -0.05) is 17.7 Å². The molecule has 2 rings (SSSR count). The Kier molecular flexibility index (Phi) is 4.77. The van der Waals surface area contributed by atoms with Crippen LogP contribution in [0.2, 0.25) is 0 Å². The molecule has 1 aromatic carbocycles. The first-order valence-electron chi connectivity index (χ1n) is 7.20. The van der Waals surface area contributed by atoms with Gasteiger partial charge in [0, 0.05) is 25.1 Å². The van der Waals surface area contributed by atoms with Crippen molar-refractivity contribution in [2.45, 2.75) is 32.6 Å². The van der Waals surface area contributed by atoms with Crippen LogP contribution in [0.3, 0.4) is 0 Å². The molecule has 1 fully saturated rings. The van der Waals surface area contributed by atoms with Gasteiger partial charge in [-0.2, -0.15) is 0 Å². The van der Waals surface area contributed by atoms with Gasteiger partial charge in [0.05, 0.1) is 0 Å². The molecule has 1 aliphatic heterocycles. The van der Waals surface area contributed by atoms with Crippen molar-refractivity contribution in [3.8, 4) is 0 Å². The SMILES string of the molecule is Cc1ccc(C(=O)N2CCC[C@H](CCC(N)=O)C2)cc1. The van der Waals surface area contributed by atoms with Gasteiger partial charge in [-0.3, -0.25) is 9.59 Å². The van der Waals surface area contributed by atoms with Crippen LogP contribution in [-0.4, -0.2) is 29.8 Å². The van der Waals surface area contributed by atoms with E-state index in [4.69, 9.17) is 5.73 Å². The fourth-order valence-electron chi connectivity index (χ4n) is 2.71. The summed E-state index contributed by atoms with van der Waals surface area (Å²) in [6, 6.07) is 7.68. The minimum Gasteiger partial charge on any atom is -0.370 e. The Morgan fingerprint density at radius 2 is 2.00 bits per heavy atom. The van der Waals surface area contributed by atoms with E-state index in [0.29, 0.717) is 12.3 Å². The predicted octanol–water partition coefficient (Wildman–Crippen LogP) is 2.11. The van der Waals surface area contributed by atoms with Crippen molar-refractivity contribution < 1.29 is 9.59 Å². The van der Waals surface area contributed by atoms with Crippen molar-refractivity contribution in [2.75, 3.05) is 13.1 Å². The normalized spacial score (nSPS) is 18.9. The molecular formula is C16H22N2O2. The third kappa shape index (κ3) is 3.83. The average Bonchev–Trinajstić information content (AvgIpc) is 2.45. The lowest BCUT2D eigenvalue weighted by Crippen LogP contribution is -2.40. The van der Waals surface area contributed by atoms with E-state index in [2.05, 4.69) is 0 Å². The van der Waals surface area contributed by atoms with Crippen LogP contribution in [0, 0.1) is 12.8 Å². The van der Waals surface area contributed by atoms with Crippen molar-refractivity contribution in [3.63, 3.8) is 0 Å². The Balaban J connectivity index is 1.96. The third-order valence-corrected chi connectivity index (χ3v) is 3.90. The maximum absolute atomic E-state index is 12.4. The highest BCUT2D eigenvalue weighted by Gasteiger charge is 2.24. The summed E-state index contributed by atoms with van der Waals surface area (Å²) < 4.78 is 0. The monoisotopic (exact) mass is 274 g/mol. The molecule has 1 saturated heterocycles. The van der Waals surface area contributed by atoms with Crippen LogP contribution < -0.4 is 5.73 Å². The molecule has 1 heterocycles. The van der Waals surface area contributed by atoms with Crippen LogP contribution in [0.1, 0.15) is 41.6 Å². The van der Waals surface area contributed by atoms with Gasteiger partial charge in [-0.05, 0) is 44.2 Å². The van der Waals surface area contributed by atoms with Crippen LogP contribution in [0.5, 0.6) is 0 Å². The Morgan fingerprint density at radius 3 is 2.65 bits per heavy atom. The van der Waals surface area contributed by atoms with Gasteiger partial charge in [0.1, 0.15) is 0 Å². The molecule has 1 aromatic rings. The molecule has 0 spiro atoms. The fraction of sp³-hybridized carbons (Fsp3) is 0.500. The van der Waals surface area contributed by atoms with Gasteiger partial charge in [-0.25, -0.2) is 0 Å². The highest BCUT2D eigenvalue weighted by Crippen LogP contribution is 2.22. The van der Waals surface area contributed by atoms with Crippen LogP contribution in [0.15, 0.2) is 24.3 Å². The molecule has 0 aromatic heterocycles. The molecule has 0 unspecified atom stereocenters. The number of likely N-dealkylation sites (tertiary alicyclic amines) is 1. The van der Waals surface area contributed by atoms with Gasteiger partial charge < -0.3 is 10.6 Å². The van der Waals surface area contributed by atoms with E-state index < -0.39 is 0 Å². The Labute approximate surface area is 119 Å². The van der Waals surface area contributed by atoms with E-state index in [1.165, 1.54) is 0 Å². The maximum Gasteiger partial charge on any atom is 0.253 e. The number of primary amides is 1. The van der Waals surface area contributed by atoms with Gasteiger partial charge >= 0.3 is 0 Å². The van der Waals surface area contributed by atoms with Crippen LogP contribution in [-0.2, 0) is 4.79 Å². The largest absolute Gasteiger partial charge is 0.370 e. The molecule has 0 saturated carbocycles. The summed E-state index contributed by atoms with van der Waals surface area (Å²) in [7, 11) is 0. The van der Waals surface area contributed by atoms with Crippen molar-refractivity contribution in [3.05, 3.63) is 35.4 Å². The quantitative estimate of drug-likeness (QED) is 0.914. The molecule has 2 N–H and O–H groups in total. The number of benzene rings is 1. The number of hydrogen-bond donors (Lipinski definition) is 1. The molecule has 4 heteroatoms. The minimum absolute atomic E-state index is 0.0915. The van der Waals surface area contributed by atoms with Gasteiger partial charge in [0.15, 0.2) is 0 Å². The standard InChI is InChI=1S/C16H22N2O2/c1-12-4-7-14(8-5-12)16(20)18-10-2-3-13(11-18)6-9-15(17)19/h4-5,7-8,13H,2-3,6,9-11H2,1H3,(H2,17,19)/t13-/m1/s1. The number of carbonyl (C=O) groups excluding carboxylic acids is 2. The number of hydrogen-bond acceptors (Lipinski definition) is 2. The average molecular weight is 274 g/mol. The van der Waals surface area contributed by atoms with Crippen LogP contribution in [0.25, 0.3) is 0 Å². The van der Waals surface area contributed by atoms with Crippen LogP contribution >= 0.6 is 0 Å². The Morgan fingerprint density at radius 1 is 1.30 bits per heavy atom. The maximum atomic E-state index is 12.4. The molecular weight excluding hydrogens is 252 g/mol. The topological polar surface area (TPSA) is 63.4 Å². The second kappa shape index (κ2) is 6.55. The summed E-state index contributed by atoms with van der Waals surface area (Å²) >= 11 is 0. The summed E-state index contributed by atoms with van der Waals surface area (Å²) in [5, 5.41) is 0. The molecule has 20 heavy (non-hydrogen) atoms. The summed E-state index contributed by atoms with van der Waals surface area (Å²) in [6.07, 6.45) is 3.27. The first-order chi connectivity index (χ1) is 9.56. The molecule has 0 radical (unpaired) electrons. The first kappa shape index (κ1) is 14.6.